The maximum Gasteiger partial charge on any atom is 0.251 e. The van der Waals surface area contributed by atoms with E-state index < -0.39 is 0 Å². The topological polar surface area (TPSA) is 55.1 Å². The van der Waals surface area contributed by atoms with Gasteiger partial charge in [0.1, 0.15) is 0 Å². The Morgan fingerprint density at radius 3 is 2.20 bits per heavy atom. The number of rotatable bonds is 4. The number of benzene rings is 2. The third-order valence-electron chi connectivity index (χ3n) is 3.27. The summed E-state index contributed by atoms with van der Waals surface area (Å²) in [6.45, 7) is 4.86. The van der Waals surface area contributed by atoms with E-state index in [1.54, 1.807) is 24.3 Å². The molecule has 2 rings (SSSR count). The van der Waals surface area contributed by atoms with E-state index in [4.69, 9.17) is 5.73 Å². The second-order valence-corrected chi connectivity index (χ2v) is 5.20. The quantitative estimate of drug-likeness (QED) is 0.836. The second-order valence-electron chi connectivity index (χ2n) is 5.20. The van der Waals surface area contributed by atoms with E-state index in [2.05, 4.69) is 43.4 Å². The van der Waals surface area contributed by atoms with E-state index in [9.17, 15) is 4.79 Å². The first-order valence-corrected chi connectivity index (χ1v) is 6.79. The van der Waals surface area contributed by atoms with Gasteiger partial charge in [-0.05, 0) is 41.3 Å². The van der Waals surface area contributed by atoms with Crippen molar-refractivity contribution in [1.29, 1.82) is 0 Å². The summed E-state index contributed by atoms with van der Waals surface area (Å²) in [5.74, 6) is 0.436. The maximum atomic E-state index is 12.0. The fourth-order valence-electron chi connectivity index (χ4n) is 1.94. The van der Waals surface area contributed by atoms with Crippen LogP contribution in [0.25, 0.3) is 0 Å². The molecule has 0 aliphatic heterocycles. The number of hydrogen-bond acceptors (Lipinski definition) is 2. The molecule has 0 fully saturated rings. The molecule has 0 spiro atoms. The van der Waals surface area contributed by atoms with Gasteiger partial charge in [-0.25, -0.2) is 0 Å². The molecule has 3 N–H and O–H groups in total. The minimum Gasteiger partial charge on any atom is -0.399 e. The van der Waals surface area contributed by atoms with Crippen LogP contribution in [0.1, 0.15) is 41.3 Å². The minimum absolute atomic E-state index is 0.0852. The fourth-order valence-corrected chi connectivity index (χ4v) is 1.94. The summed E-state index contributed by atoms with van der Waals surface area (Å²) >= 11 is 0. The molecule has 0 saturated carbocycles. The Morgan fingerprint density at radius 2 is 1.65 bits per heavy atom. The minimum atomic E-state index is -0.0852. The molecule has 0 aliphatic rings. The largest absolute Gasteiger partial charge is 0.399 e. The second kappa shape index (κ2) is 6.24. The molecule has 2 aromatic rings. The third-order valence-corrected chi connectivity index (χ3v) is 3.27. The van der Waals surface area contributed by atoms with Gasteiger partial charge < -0.3 is 11.1 Å². The van der Waals surface area contributed by atoms with E-state index in [0.717, 1.165) is 5.56 Å². The van der Waals surface area contributed by atoms with Crippen LogP contribution in [0.3, 0.4) is 0 Å². The van der Waals surface area contributed by atoms with Crippen molar-refractivity contribution in [2.24, 2.45) is 0 Å². The molecule has 0 aliphatic carbocycles. The first-order chi connectivity index (χ1) is 9.56. The molecule has 3 heteroatoms. The van der Waals surface area contributed by atoms with Crippen LogP contribution in [0.15, 0.2) is 48.5 Å². The molecule has 0 unspecified atom stereocenters. The van der Waals surface area contributed by atoms with E-state index >= 15 is 0 Å². The summed E-state index contributed by atoms with van der Waals surface area (Å²) in [7, 11) is 0. The zero-order valence-corrected chi connectivity index (χ0v) is 11.9. The van der Waals surface area contributed by atoms with Crippen LogP contribution in [0, 0.1) is 0 Å². The van der Waals surface area contributed by atoms with Gasteiger partial charge in [0.05, 0.1) is 0 Å². The van der Waals surface area contributed by atoms with Crippen molar-refractivity contribution in [2.45, 2.75) is 26.3 Å². The predicted octanol–water partition coefficient (Wildman–Crippen LogP) is 3.32. The van der Waals surface area contributed by atoms with Crippen LogP contribution < -0.4 is 11.1 Å². The first-order valence-electron chi connectivity index (χ1n) is 6.79. The van der Waals surface area contributed by atoms with Gasteiger partial charge in [0.25, 0.3) is 5.91 Å². The Hall–Kier alpha value is -2.29. The number of nitrogen functional groups attached to an aromatic ring is 1. The van der Waals surface area contributed by atoms with Crippen molar-refractivity contribution in [3.63, 3.8) is 0 Å². The molecule has 1 amide bonds. The van der Waals surface area contributed by atoms with Gasteiger partial charge >= 0.3 is 0 Å². The third kappa shape index (κ3) is 3.60. The van der Waals surface area contributed by atoms with E-state index in [0.29, 0.717) is 23.7 Å². The van der Waals surface area contributed by atoms with Crippen molar-refractivity contribution >= 4 is 11.6 Å². The Kier molecular flexibility index (Phi) is 4.41. The van der Waals surface area contributed by atoms with Crippen LogP contribution >= 0.6 is 0 Å². The van der Waals surface area contributed by atoms with Gasteiger partial charge in [-0.3, -0.25) is 4.79 Å². The van der Waals surface area contributed by atoms with Crippen molar-refractivity contribution in [3.8, 4) is 0 Å². The molecule has 0 radical (unpaired) electrons. The highest BCUT2D eigenvalue weighted by Gasteiger charge is 2.05. The SMILES string of the molecule is CC(C)c1ccc(CNC(=O)c2ccc(N)cc2)cc1. The number of nitrogens with two attached hydrogens (primary N) is 1. The van der Waals surface area contributed by atoms with Gasteiger partial charge in [-0.1, -0.05) is 38.1 Å². The van der Waals surface area contributed by atoms with Gasteiger partial charge in [0.15, 0.2) is 0 Å². The lowest BCUT2D eigenvalue weighted by molar-refractivity contribution is 0.0951. The summed E-state index contributed by atoms with van der Waals surface area (Å²) < 4.78 is 0. The molecule has 0 bridgehead atoms. The number of carbonyl (C=O) groups is 1. The smallest absolute Gasteiger partial charge is 0.251 e. The zero-order valence-electron chi connectivity index (χ0n) is 11.9. The summed E-state index contributed by atoms with van der Waals surface area (Å²) in [6, 6.07) is 15.2. The summed E-state index contributed by atoms with van der Waals surface area (Å²) in [5, 5.41) is 2.90. The van der Waals surface area contributed by atoms with E-state index in [-0.39, 0.29) is 5.91 Å². The number of hydrogen-bond donors (Lipinski definition) is 2. The predicted molar refractivity (Wildman–Crippen MR) is 82.6 cm³/mol. The van der Waals surface area contributed by atoms with Crippen molar-refractivity contribution < 1.29 is 4.79 Å². The molecule has 104 valence electrons. The number of carbonyl (C=O) groups excluding carboxylic acids is 1. The Balaban J connectivity index is 1.94. The Morgan fingerprint density at radius 1 is 1.05 bits per heavy atom. The molecule has 20 heavy (non-hydrogen) atoms. The maximum absolute atomic E-state index is 12.0. The number of anilines is 1. The number of amides is 1. The van der Waals surface area contributed by atoms with Crippen LogP contribution in [0.5, 0.6) is 0 Å². The zero-order chi connectivity index (χ0) is 14.5. The van der Waals surface area contributed by atoms with Crippen molar-refractivity contribution in [3.05, 3.63) is 65.2 Å². The van der Waals surface area contributed by atoms with Gasteiger partial charge in [0.2, 0.25) is 0 Å². The van der Waals surface area contributed by atoms with Crippen molar-refractivity contribution in [2.75, 3.05) is 5.73 Å². The standard InChI is InChI=1S/C17H20N2O/c1-12(2)14-5-3-13(4-6-14)11-19-17(20)15-7-9-16(18)10-8-15/h3-10,12H,11,18H2,1-2H3,(H,19,20). The molecule has 0 atom stereocenters. The van der Waals surface area contributed by atoms with Gasteiger partial charge in [0, 0.05) is 17.8 Å². The van der Waals surface area contributed by atoms with Crippen LogP contribution in [0.2, 0.25) is 0 Å². The van der Waals surface area contributed by atoms with E-state index in [1.165, 1.54) is 5.56 Å². The lowest BCUT2D eigenvalue weighted by Crippen LogP contribution is -2.22. The molecule has 2 aromatic carbocycles. The molecule has 0 aromatic heterocycles. The molecule has 3 nitrogen and oxygen atoms in total. The van der Waals surface area contributed by atoms with Crippen LogP contribution in [-0.4, -0.2) is 5.91 Å². The van der Waals surface area contributed by atoms with E-state index in [1.807, 2.05) is 0 Å². The number of nitrogens with one attached hydrogen (secondary N) is 1. The summed E-state index contributed by atoms with van der Waals surface area (Å²) in [5.41, 5.74) is 9.28. The van der Waals surface area contributed by atoms with Gasteiger partial charge in [-0.2, -0.15) is 0 Å². The van der Waals surface area contributed by atoms with Crippen molar-refractivity contribution in [1.82, 2.24) is 5.32 Å². The lowest BCUT2D eigenvalue weighted by atomic mass is 10.0. The highest BCUT2D eigenvalue weighted by Crippen LogP contribution is 2.14. The molecular formula is C17H20N2O. The van der Waals surface area contributed by atoms with Crippen LogP contribution in [0.4, 0.5) is 5.69 Å². The van der Waals surface area contributed by atoms with Crippen LogP contribution in [-0.2, 0) is 6.54 Å². The monoisotopic (exact) mass is 268 g/mol. The molecule has 0 saturated heterocycles. The first kappa shape index (κ1) is 14.1. The average Bonchev–Trinajstić information content (AvgIpc) is 2.46. The van der Waals surface area contributed by atoms with Gasteiger partial charge in [-0.15, -0.1) is 0 Å². The lowest BCUT2D eigenvalue weighted by Gasteiger charge is -2.08. The summed E-state index contributed by atoms with van der Waals surface area (Å²) in [4.78, 5) is 12.0. The highest BCUT2D eigenvalue weighted by molar-refractivity contribution is 5.94. The Labute approximate surface area is 119 Å². The molecular weight excluding hydrogens is 248 g/mol. The highest BCUT2D eigenvalue weighted by atomic mass is 16.1. The average molecular weight is 268 g/mol. The normalized spacial score (nSPS) is 10.6. The fraction of sp³-hybridized carbons (Fsp3) is 0.235. The Bertz CT molecular complexity index is 571. The summed E-state index contributed by atoms with van der Waals surface area (Å²) in [6.07, 6.45) is 0. The molecule has 0 heterocycles.